The summed E-state index contributed by atoms with van der Waals surface area (Å²) in [7, 11) is 1.96. The molecule has 0 atom stereocenters. The summed E-state index contributed by atoms with van der Waals surface area (Å²) in [6.45, 7) is 2.13. The maximum Gasteiger partial charge on any atom is 0.161 e. The molecule has 0 aromatic carbocycles. The van der Waals surface area contributed by atoms with Gasteiger partial charge in [-0.1, -0.05) is 31.5 Å². The van der Waals surface area contributed by atoms with Crippen molar-refractivity contribution in [2.75, 3.05) is 11.1 Å². The topological polar surface area (TPSA) is 42.2 Å². The van der Waals surface area contributed by atoms with Crippen molar-refractivity contribution in [3.05, 3.63) is 11.9 Å². The number of aryl methyl sites for hydroxylation is 2. The second-order valence-electron chi connectivity index (χ2n) is 5.28. The molecule has 1 aliphatic heterocycles. The highest BCUT2D eigenvalue weighted by atomic mass is 32.2. The predicted octanol–water partition coefficient (Wildman–Crippen LogP) is 2.81. The van der Waals surface area contributed by atoms with E-state index in [2.05, 4.69) is 17.3 Å². The summed E-state index contributed by atoms with van der Waals surface area (Å²) < 4.78 is 1.87. The second-order valence-corrected chi connectivity index (χ2v) is 6.24. The van der Waals surface area contributed by atoms with E-state index in [0.29, 0.717) is 0 Å². The fraction of sp³-hybridized carbons (Fsp3) is 0.692. The number of nitrogens with one attached hydrogen (secondary N) is 1. The van der Waals surface area contributed by atoms with E-state index >= 15 is 0 Å². The summed E-state index contributed by atoms with van der Waals surface area (Å²) in [6, 6.07) is 0. The van der Waals surface area contributed by atoms with Gasteiger partial charge in [-0.05, 0) is 19.3 Å². The lowest BCUT2D eigenvalue weighted by Crippen LogP contribution is -2.21. The van der Waals surface area contributed by atoms with Crippen LogP contribution < -0.4 is 5.32 Å². The molecular formula is C13H20N4S. The van der Waals surface area contributed by atoms with Gasteiger partial charge in [0.25, 0.3) is 0 Å². The van der Waals surface area contributed by atoms with Crippen molar-refractivity contribution in [3.63, 3.8) is 0 Å². The van der Waals surface area contributed by atoms with Gasteiger partial charge in [-0.2, -0.15) is 5.10 Å². The van der Waals surface area contributed by atoms with Crippen molar-refractivity contribution < 1.29 is 0 Å². The molecule has 1 aliphatic carbocycles. The van der Waals surface area contributed by atoms with Crippen LogP contribution >= 0.6 is 11.8 Å². The molecule has 2 heterocycles. The average Bonchev–Trinajstić information content (AvgIpc) is 3.04. The molecule has 1 aromatic heterocycles. The van der Waals surface area contributed by atoms with Gasteiger partial charge in [0, 0.05) is 19.0 Å². The van der Waals surface area contributed by atoms with Gasteiger partial charge in [0.05, 0.1) is 16.9 Å². The molecule has 1 fully saturated rings. The highest BCUT2D eigenvalue weighted by molar-refractivity contribution is 8.14. The molecule has 0 radical (unpaired) electrons. The van der Waals surface area contributed by atoms with Crippen molar-refractivity contribution in [3.8, 4) is 0 Å². The minimum Gasteiger partial charge on any atom is -0.332 e. The summed E-state index contributed by atoms with van der Waals surface area (Å²) in [5.41, 5.74) is 2.48. The van der Waals surface area contributed by atoms with Crippen LogP contribution in [0, 0.1) is 0 Å². The Kier molecular flexibility index (Phi) is 3.09. The molecule has 4 nitrogen and oxygen atoms in total. The van der Waals surface area contributed by atoms with Gasteiger partial charge < -0.3 is 5.32 Å². The molecule has 1 N–H and O–H groups in total. The lowest BCUT2D eigenvalue weighted by Gasteiger charge is -2.16. The number of aromatic nitrogens is 2. The third kappa shape index (κ3) is 2.16. The van der Waals surface area contributed by atoms with E-state index < -0.39 is 0 Å². The molecule has 98 valence electrons. The van der Waals surface area contributed by atoms with Gasteiger partial charge in [-0.3, -0.25) is 9.67 Å². The monoisotopic (exact) mass is 264 g/mol. The number of nitrogens with zero attached hydrogens (tertiary/aromatic N) is 3. The van der Waals surface area contributed by atoms with E-state index in [-0.39, 0.29) is 5.54 Å². The Balaban J connectivity index is 1.77. The third-order valence-electron chi connectivity index (χ3n) is 3.83. The Morgan fingerprint density at radius 3 is 2.94 bits per heavy atom. The van der Waals surface area contributed by atoms with Crippen LogP contribution in [0.15, 0.2) is 11.2 Å². The Bertz CT molecular complexity index is 471. The van der Waals surface area contributed by atoms with Crippen LogP contribution in [0.1, 0.15) is 38.3 Å². The van der Waals surface area contributed by atoms with Gasteiger partial charge >= 0.3 is 0 Å². The molecule has 1 saturated carbocycles. The van der Waals surface area contributed by atoms with E-state index in [0.717, 1.165) is 28.7 Å². The number of hydrogen-bond donors (Lipinski definition) is 1. The zero-order chi connectivity index (χ0) is 12.6. The van der Waals surface area contributed by atoms with Crippen molar-refractivity contribution in [2.45, 2.75) is 44.6 Å². The highest BCUT2D eigenvalue weighted by Crippen LogP contribution is 2.41. The van der Waals surface area contributed by atoms with Crippen molar-refractivity contribution in [2.24, 2.45) is 12.0 Å². The Labute approximate surface area is 112 Å². The SMILES string of the molecule is CCc1nn(C)cc1NC1=NC2(CCCC2)CS1. The molecule has 1 aromatic rings. The summed E-state index contributed by atoms with van der Waals surface area (Å²) in [4.78, 5) is 4.93. The van der Waals surface area contributed by atoms with Crippen LogP contribution in [0.5, 0.6) is 0 Å². The van der Waals surface area contributed by atoms with Crippen molar-refractivity contribution >= 4 is 22.6 Å². The molecule has 2 aliphatic rings. The predicted molar refractivity (Wildman–Crippen MR) is 77.3 cm³/mol. The van der Waals surface area contributed by atoms with E-state index in [4.69, 9.17) is 4.99 Å². The van der Waals surface area contributed by atoms with Crippen LogP contribution in [0.2, 0.25) is 0 Å². The fourth-order valence-electron chi connectivity index (χ4n) is 2.85. The van der Waals surface area contributed by atoms with Gasteiger partial charge in [0.15, 0.2) is 5.17 Å². The van der Waals surface area contributed by atoms with Crippen LogP contribution in [0.3, 0.4) is 0 Å². The summed E-state index contributed by atoms with van der Waals surface area (Å²) in [5, 5.41) is 9.00. The first-order valence-corrected chi connectivity index (χ1v) is 7.71. The zero-order valence-corrected chi connectivity index (χ0v) is 11.9. The number of anilines is 1. The lowest BCUT2D eigenvalue weighted by molar-refractivity contribution is 0.508. The van der Waals surface area contributed by atoms with Crippen LogP contribution in [-0.4, -0.2) is 26.2 Å². The Morgan fingerprint density at radius 1 is 1.44 bits per heavy atom. The number of rotatable bonds is 2. The van der Waals surface area contributed by atoms with Crippen molar-refractivity contribution in [1.82, 2.24) is 9.78 Å². The van der Waals surface area contributed by atoms with Crippen molar-refractivity contribution in [1.29, 1.82) is 0 Å². The number of amidine groups is 1. The summed E-state index contributed by atoms with van der Waals surface area (Å²) >= 11 is 1.86. The molecule has 0 bridgehead atoms. The molecule has 0 amide bonds. The minimum atomic E-state index is 0.252. The normalized spacial score (nSPS) is 21.6. The first-order chi connectivity index (χ1) is 8.71. The number of aliphatic imine (C=N–C) groups is 1. The number of hydrogen-bond acceptors (Lipinski definition) is 4. The van der Waals surface area contributed by atoms with E-state index in [1.165, 1.54) is 25.7 Å². The molecule has 1 spiro atoms. The molecule has 18 heavy (non-hydrogen) atoms. The molecular weight excluding hydrogens is 244 g/mol. The largest absolute Gasteiger partial charge is 0.332 e. The summed E-state index contributed by atoms with van der Waals surface area (Å²) in [5.74, 6) is 1.15. The second kappa shape index (κ2) is 4.61. The maximum atomic E-state index is 4.93. The molecule has 5 heteroatoms. The fourth-order valence-corrected chi connectivity index (χ4v) is 4.05. The molecule has 0 saturated heterocycles. The van der Waals surface area contributed by atoms with Crippen LogP contribution in [0.4, 0.5) is 5.69 Å². The quantitative estimate of drug-likeness (QED) is 0.893. The number of thioether (sulfide) groups is 1. The Hall–Kier alpha value is -0.970. The smallest absolute Gasteiger partial charge is 0.161 e. The molecule has 0 unspecified atom stereocenters. The van der Waals surface area contributed by atoms with Gasteiger partial charge in [0.1, 0.15) is 0 Å². The lowest BCUT2D eigenvalue weighted by atomic mass is 10.0. The average molecular weight is 264 g/mol. The third-order valence-corrected chi connectivity index (χ3v) is 4.98. The first-order valence-electron chi connectivity index (χ1n) is 6.73. The van der Waals surface area contributed by atoms with E-state index in [9.17, 15) is 0 Å². The van der Waals surface area contributed by atoms with Gasteiger partial charge in [0.2, 0.25) is 0 Å². The van der Waals surface area contributed by atoms with Gasteiger partial charge in [-0.25, -0.2) is 0 Å². The minimum absolute atomic E-state index is 0.252. The van der Waals surface area contributed by atoms with E-state index in [1.807, 2.05) is 29.7 Å². The maximum absolute atomic E-state index is 4.93. The first kappa shape index (κ1) is 12.1. The van der Waals surface area contributed by atoms with Crippen LogP contribution in [0.25, 0.3) is 0 Å². The van der Waals surface area contributed by atoms with Crippen LogP contribution in [-0.2, 0) is 13.5 Å². The zero-order valence-electron chi connectivity index (χ0n) is 11.1. The summed E-state index contributed by atoms with van der Waals surface area (Å²) in [6.07, 6.45) is 8.19. The van der Waals surface area contributed by atoms with Gasteiger partial charge in [-0.15, -0.1) is 0 Å². The standard InChI is InChI=1S/C13H20N4S/c1-3-10-11(8-17(2)16-10)14-12-15-13(9-18-12)6-4-5-7-13/h8H,3-7,9H2,1-2H3,(H,14,15). The molecule has 3 rings (SSSR count). The Morgan fingerprint density at radius 2 is 2.22 bits per heavy atom. The van der Waals surface area contributed by atoms with E-state index in [1.54, 1.807) is 0 Å². The highest BCUT2D eigenvalue weighted by Gasteiger charge is 2.38.